The minimum atomic E-state index is -1.36. The number of epoxide rings is 1. The van der Waals surface area contributed by atoms with Crippen LogP contribution in [0.15, 0.2) is 24.3 Å². The van der Waals surface area contributed by atoms with Gasteiger partial charge in [0.05, 0.1) is 6.61 Å². The smallest absolute Gasteiger partial charge is 0.299 e. The third-order valence-electron chi connectivity index (χ3n) is 3.05. The molecule has 1 aliphatic rings. The van der Waals surface area contributed by atoms with Crippen molar-refractivity contribution in [1.82, 2.24) is 10.2 Å². The number of aryl methyl sites for hydroxylation is 1. The van der Waals surface area contributed by atoms with Gasteiger partial charge in [0.25, 0.3) is 5.19 Å². The summed E-state index contributed by atoms with van der Waals surface area (Å²) in [6.07, 6.45) is 0.298. The van der Waals surface area contributed by atoms with Gasteiger partial charge >= 0.3 is 0 Å². The van der Waals surface area contributed by atoms with Crippen LogP contribution in [0.5, 0.6) is 10.9 Å². The first-order valence-corrected chi connectivity index (χ1v) is 8.11. The van der Waals surface area contributed by atoms with Gasteiger partial charge in [-0.05, 0) is 24.6 Å². The monoisotopic (exact) mass is 364 g/mol. The van der Waals surface area contributed by atoms with Crippen LogP contribution in [0.2, 0.25) is 0 Å². The van der Waals surface area contributed by atoms with Crippen molar-refractivity contribution in [3.8, 4) is 10.9 Å². The molecule has 1 aliphatic heterocycles. The first kappa shape index (κ1) is 15.3. The molecule has 1 fully saturated rings. The summed E-state index contributed by atoms with van der Waals surface area (Å²) in [5.41, 5.74) is 0.384. The molecular formula is C13H11Cl3N2O2S. The molecule has 0 spiro atoms. The van der Waals surface area contributed by atoms with Crippen molar-refractivity contribution in [2.24, 2.45) is 0 Å². The van der Waals surface area contributed by atoms with Crippen molar-refractivity contribution in [2.75, 3.05) is 6.61 Å². The highest BCUT2D eigenvalue weighted by Gasteiger charge is 2.51. The fourth-order valence-electron chi connectivity index (χ4n) is 2.05. The summed E-state index contributed by atoms with van der Waals surface area (Å²) < 4.78 is 9.86. The van der Waals surface area contributed by atoms with Gasteiger partial charge in [0.15, 0.2) is 3.79 Å². The van der Waals surface area contributed by atoms with E-state index in [1.807, 2.05) is 31.2 Å². The average molecular weight is 366 g/mol. The van der Waals surface area contributed by atoms with Crippen LogP contribution >= 0.6 is 46.1 Å². The molecule has 3 rings (SSSR count). The zero-order valence-corrected chi connectivity index (χ0v) is 14.1. The molecular weight excluding hydrogens is 355 g/mol. The van der Waals surface area contributed by atoms with Gasteiger partial charge in [0.1, 0.15) is 16.4 Å². The molecule has 0 amide bonds. The molecule has 1 atom stereocenters. The van der Waals surface area contributed by atoms with E-state index in [1.54, 1.807) is 0 Å². The van der Waals surface area contributed by atoms with Crippen molar-refractivity contribution in [2.45, 2.75) is 22.7 Å². The number of rotatable bonds is 4. The third kappa shape index (κ3) is 3.79. The summed E-state index contributed by atoms with van der Waals surface area (Å²) in [7, 11) is 0. The zero-order chi connectivity index (χ0) is 15.1. The Morgan fingerprint density at radius 2 is 2.14 bits per heavy atom. The van der Waals surface area contributed by atoms with E-state index in [-0.39, 0.29) is 0 Å². The van der Waals surface area contributed by atoms with E-state index in [4.69, 9.17) is 44.3 Å². The van der Waals surface area contributed by atoms with E-state index >= 15 is 0 Å². The first-order chi connectivity index (χ1) is 9.86. The molecule has 0 radical (unpaired) electrons. The molecule has 2 aromatic rings. The number of halogens is 3. The van der Waals surface area contributed by atoms with Crippen LogP contribution in [0, 0.1) is 6.92 Å². The fourth-order valence-corrected chi connectivity index (χ4v) is 3.25. The van der Waals surface area contributed by atoms with Crippen LogP contribution in [0.4, 0.5) is 0 Å². The fraction of sp³-hybridized carbons (Fsp3) is 0.385. The maximum absolute atomic E-state index is 5.88. The second kappa shape index (κ2) is 5.56. The highest BCUT2D eigenvalue weighted by molar-refractivity contribution is 7.13. The Bertz CT molecular complexity index is 653. The van der Waals surface area contributed by atoms with Gasteiger partial charge in [-0.3, -0.25) is 0 Å². The quantitative estimate of drug-likeness (QED) is 0.585. The van der Waals surface area contributed by atoms with Crippen molar-refractivity contribution in [3.05, 3.63) is 34.8 Å². The Morgan fingerprint density at radius 1 is 1.38 bits per heavy atom. The van der Waals surface area contributed by atoms with E-state index < -0.39 is 9.39 Å². The molecule has 2 heterocycles. The summed E-state index contributed by atoms with van der Waals surface area (Å²) in [6, 6.07) is 7.52. The SMILES string of the molecule is Cc1nnc(Oc2cccc(C3(CC(Cl)(Cl)Cl)CO3)c2)s1. The lowest BCUT2D eigenvalue weighted by Crippen LogP contribution is -2.18. The van der Waals surface area contributed by atoms with E-state index in [0.717, 1.165) is 10.6 Å². The van der Waals surface area contributed by atoms with Gasteiger partial charge in [0.2, 0.25) is 0 Å². The number of alkyl halides is 3. The van der Waals surface area contributed by atoms with Gasteiger partial charge in [-0.15, -0.1) is 5.10 Å². The lowest BCUT2D eigenvalue weighted by atomic mass is 9.97. The van der Waals surface area contributed by atoms with Crippen molar-refractivity contribution in [1.29, 1.82) is 0 Å². The van der Waals surface area contributed by atoms with Gasteiger partial charge < -0.3 is 9.47 Å². The maximum atomic E-state index is 5.88. The van der Waals surface area contributed by atoms with E-state index in [9.17, 15) is 0 Å². The standard InChI is InChI=1S/C13H11Cl3N2O2S/c1-8-17-18-11(21-8)20-10-4-2-3-9(5-10)12(7-19-12)6-13(14,15)16/h2-5H,6-7H2,1H3. The van der Waals surface area contributed by atoms with Crippen molar-refractivity contribution in [3.63, 3.8) is 0 Å². The highest BCUT2D eigenvalue weighted by Crippen LogP contribution is 2.50. The van der Waals surface area contributed by atoms with Crippen LogP contribution in [-0.2, 0) is 10.3 Å². The predicted molar refractivity (Wildman–Crippen MR) is 83.7 cm³/mol. The second-order valence-electron chi connectivity index (χ2n) is 4.79. The summed E-state index contributed by atoms with van der Waals surface area (Å²) in [5, 5.41) is 9.18. The summed E-state index contributed by atoms with van der Waals surface area (Å²) >= 11 is 19.0. The number of nitrogens with zero attached hydrogens (tertiary/aromatic N) is 2. The molecule has 21 heavy (non-hydrogen) atoms. The Hall–Kier alpha value is -0.590. The lowest BCUT2D eigenvalue weighted by Gasteiger charge is -2.18. The zero-order valence-electron chi connectivity index (χ0n) is 11.0. The third-order valence-corrected chi connectivity index (χ3v) is 4.17. The Labute approximate surface area is 140 Å². The largest absolute Gasteiger partial charge is 0.430 e. The molecule has 0 bridgehead atoms. The first-order valence-electron chi connectivity index (χ1n) is 6.16. The van der Waals surface area contributed by atoms with Gasteiger partial charge in [0, 0.05) is 6.42 Å². The van der Waals surface area contributed by atoms with Crippen LogP contribution in [-0.4, -0.2) is 20.6 Å². The molecule has 1 aromatic heterocycles. The van der Waals surface area contributed by atoms with Crippen LogP contribution in [0.25, 0.3) is 0 Å². The van der Waals surface area contributed by atoms with Gasteiger partial charge in [-0.1, -0.05) is 63.4 Å². The highest BCUT2D eigenvalue weighted by atomic mass is 35.6. The average Bonchev–Trinajstić information content (AvgIpc) is 3.04. The number of ether oxygens (including phenoxy) is 2. The van der Waals surface area contributed by atoms with Crippen LogP contribution in [0.1, 0.15) is 17.0 Å². The van der Waals surface area contributed by atoms with Gasteiger partial charge in [-0.25, -0.2) is 0 Å². The molecule has 1 unspecified atom stereocenters. The normalized spacial score (nSPS) is 21.3. The van der Waals surface area contributed by atoms with E-state index in [2.05, 4.69) is 10.2 Å². The number of hydrogen-bond acceptors (Lipinski definition) is 5. The maximum Gasteiger partial charge on any atom is 0.299 e. The Morgan fingerprint density at radius 3 is 2.71 bits per heavy atom. The van der Waals surface area contributed by atoms with E-state index in [0.29, 0.717) is 24.0 Å². The molecule has 0 aliphatic carbocycles. The molecule has 1 saturated heterocycles. The van der Waals surface area contributed by atoms with Crippen molar-refractivity contribution >= 4 is 46.1 Å². The van der Waals surface area contributed by atoms with E-state index in [1.165, 1.54) is 11.3 Å². The van der Waals surface area contributed by atoms with Crippen molar-refractivity contribution < 1.29 is 9.47 Å². The number of aromatic nitrogens is 2. The Kier molecular flexibility index (Phi) is 4.05. The minimum Gasteiger partial charge on any atom is -0.430 e. The molecule has 8 heteroatoms. The molecule has 1 aromatic carbocycles. The summed E-state index contributed by atoms with van der Waals surface area (Å²) in [5.74, 6) is 0.655. The summed E-state index contributed by atoms with van der Waals surface area (Å²) in [4.78, 5) is 0. The predicted octanol–water partition coefficient (Wildman–Crippen LogP) is 4.62. The molecule has 4 nitrogen and oxygen atoms in total. The topological polar surface area (TPSA) is 47.5 Å². The molecule has 112 valence electrons. The van der Waals surface area contributed by atoms with Gasteiger partial charge in [-0.2, -0.15) is 0 Å². The second-order valence-corrected chi connectivity index (χ2v) is 8.45. The lowest BCUT2D eigenvalue weighted by molar-refractivity contribution is 0.294. The minimum absolute atomic E-state index is 0.298. The molecule has 0 N–H and O–H groups in total. The van der Waals surface area contributed by atoms with Crippen LogP contribution in [0.3, 0.4) is 0 Å². The van der Waals surface area contributed by atoms with Crippen LogP contribution < -0.4 is 4.74 Å². The molecule has 0 saturated carbocycles. The Balaban J connectivity index is 1.80. The number of hydrogen-bond donors (Lipinski definition) is 0. The summed E-state index contributed by atoms with van der Waals surface area (Å²) in [6.45, 7) is 2.40. The number of benzene rings is 1.